The number of aromatic nitrogens is 2. The van der Waals surface area contributed by atoms with E-state index in [1.165, 1.54) is 0 Å². The van der Waals surface area contributed by atoms with Crippen LogP contribution in [0.2, 0.25) is 0 Å². The highest BCUT2D eigenvalue weighted by molar-refractivity contribution is 6.01. The average Bonchev–Trinajstić information content (AvgIpc) is 3.03. The molecule has 2 aromatic rings. The number of likely N-dealkylation sites (tertiary alicyclic amines) is 1. The van der Waals surface area contributed by atoms with Crippen molar-refractivity contribution in [3.63, 3.8) is 0 Å². The zero-order chi connectivity index (χ0) is 16.9. The predicted octanol–water partition coefficient (Wildman–Crippen LogP) is 2.19. The second-order valence-corrected chi connectivity index (χ2v) is 6.03. The van der Waals surface area contributed by atoms with Crippen LogP contribution < -0.4 is 5.32 Å². The minimum Gasteiger partial charge on any atom is -0.337 e. The summed E-state index contributed by atoms with van der Waals surface area (Å²) >= 11 is 0. The quantitative estimate of drug-likeness (QED) is 0.929. The molecule has 2 amide bonds. The van der Waals surface area contributed by atoms with Crippen molar-refractivity contribution in [3.8, 4) is 0 Å². The van der Waals surface area contributed by atoms with Crippen LogP contribution in [-0.4, -0.2) is 40.1 Å². The molecule has 7 nitrogen and oxygen atoms in total. The molecule has 2 heterocycles. The van der Waals surface area contributed by atoms with Crippen molar-refractivity contribution in [2.24, 2.45) is 0 Å². The van der Waals surface area contributed by atoms with E-state index in [-0.39, 0.29) is 29.7 Å². The largest absolute Gasteiger partial charge is 0.337 e. The molecule has 0 spiro atoms. The van der Waals surface area contributed by atoms with Crippen LogP contribution >= 0.6 is 0 Å². The third-order valence-corrected chi connectivity index (χ3v) is 4.04. The van der Waals surface area contributed by atoms with E-state index in [1.54, 1.807) is 4.90 Å². The van der Waals surface area contributed by atoms with Crippen LogP contribution in [0.1, 0.15) is 40.9 Å². The number of nitrogens with one attached hydrogen (secondary N) is 1. The number of hydrogen-bond acceptors (Lipinski definition) is 5. The molecule has 3 rings (SSSR count). The first-order chi connectivity index (χ1) is 11.6. The molecule has 0 saturated carbocycles. The SMILES string of the molecule is Cc1cccc(CC(=O)Nc2nonc2C(=O)N2CCCCC2)c1. The number of carbonyl (C=O) groups excluding carboxylic acids is 2. The average molecular weight is 328 g/mol. The van der Waals surface area contributed by atoms with Crippen molar-refractivity contribution in [2.75, 3.05) is 18.4 Å². The summed E-state index contributed by atoms with van der Waals surface area (Å²) in [5.74, 6) is -0.422. The van der Waals surface area contributed by atoms with Gasteiger partial charge in [0.1, 0.15) is 0 Å². The minimum absolute atomic E-state index is 0.0643. The first-order valence-electron chi connectivity index (χ1n) is 8.11. The van der Waals surface area contributed by atoms with Crippen LogP contribution in [0.3, 0.4) is 0 Å². The van der Waals surface area contributed by atoms with Gasteiger partial charge in [-0.05, 0) is 42.1 Å². The van der Waals surface area contributed by atoms with Crippen LogP contribution in [0.25, 0.3) is 0 Å². The number of amides is 2. The highest BCUT2D eigenvalue weighted by Crippen LogP contribution is 2.17. The molecule has 1 fully saturated rings. The maximum Gasteiger partial charge on any atom is 0.280 e. The fraction of sp³-hybridized carbons (Fsp3) is 0.412. The van der Waals surface area contributed by atoms with Gasteiger partial charge in [-0.1, -0.05) is 29.8 Å². The molecule has 1 saturated heterocycles. The molecule has 0 bridgehead atoms. The Morgan fingerprint density at radius 3 is 2.75 bits per heavy atom. The first-order valence-corrected chi connectivity index (χ1v) is 8.11. The number of hydrogen-bond donors (Lipinski definition) is 1. The zero-order valence-electron chi connectivity index (χ0n) is 13.6. The third-order valence-electron chi connectivity index (χ3n) is 4.04. The molecule has 1 aromatic heterocycles. The summed E-state index contributed by atoms with van der Waals surface area (Å²) in [4.78, 5) is 26.4. The molecule has 0 atom stereocenters. The smallest absolute Gasteiger partial charge is 0.280 e. The van der Waals surface area contributed by atoms with Crippen LogP contribution in [-0.2, 0) is 11.2 Å². The third kappa shape index (κ3) is 3.79. The fourth-order valence-corrected chi connectivity index (χ4v) is 2.84. The lowest BCUT2D eigenvalue weighted by Crippen LogP contribution is -2.36. The van der Waals surface area contributed by atoms with E-state index in [4.69, 9.17) is 0 Å². The number of aryl methyl sites for hydroxylation is 1. The summed E-state index contributed by atoms with van der Waals surface area (Å²) in [6, 6.07) is 7.70. The van der Waals surface area contributed by atoms with Crippen molar-refractivity contribution in [3.05, 3.63) is 41.1 Å². The molecular weight excluding hydrogens is 308 g/mol. The van der Waals surface area contributed by atoms with Gasteiger partial charge in [0, 0.05) is 13.1 Å². The zero-order valence-corrected chi connectivity index (χ0v) is 13.6. The highest BCUT2D eigenvalue weighted by Gasteiger charge is 2.26. The van der Waals surface area contributed by atoms with E-state index < -0.39 is 0 Å². The van der Waals surface area contributed by atoms with E-state index in [2.05, 4.69) is 20.3 Å². The Morgan fingerprint density at radius 1 is 1.21 bits per heavy atom. The van der Waals surface area contributed by atoms with E-state index in [9.17, 15) is 9.59 Å². The summed E-state index contributed by atoms with van der Waals surface area (Å²) in [6.07, 6.45) is 3.28. The molecule has 1 N–H and O–H groups in total. The summed E-state index contributed by atoms with van der Waals surface area (Å²) in [6.45, 7) is 3.36. The summed E-state index contributed by atoms with van der Waals surface area (Å²) in [5.41, 5.74) is 2.05. The normalized spacial score (nSPS) is 14.5. The van der Waals surface area contributed by atoms with Crippen molar-refractivity contribution in [1.82, 2.24) is 15.2 Å². The van der Waals surface area contributed by atoms with Crippen molar-refractivity contribution in [2.45, 2.75) is 32.6 Å². The van der Waals surface area contributed by atoms with Crippen LogP contribution in [0, 0.1) is 6.92 Å². The molecule has 1 aromatic carbocycles. The monoisotopic (exact) mass is 328 g/mol. The summed E-state index contributed by atoms with van der Waals surface area (Å²) in [5, 5.41) is 9.96. The minimum atomic E-state index is -0.260. The lowest BCUT2D eigenvalue weighted by atomic mass is 10.1. The Bertz CT molecular complexity index is 735. The van der Waals surface area contributed by atoms with Crippen LogP contribution in [0.4, 0.5) is 5.82 Å². The Balaban J connectivity index is 1.66. The summed E-state index contributed by atoms with van der Waals surface area (Å²) in [7, 11) is 0. The number of carbonyl (C=O) groups is 2. The van der Waals surface area contributed by atoms with Gasteiger partial charge in [-0.2, -0.15) is 0 Å². The van der Waals surface area contributed by atoms with Gasteiger partial charge < -0.3 is 10.2 Å². The number of nitrogens with zero attached hydrogens (tertiary/aromatic N) is 3. The molecule has 126 valence electrons. The van der Waals surface area contributed by atoms with Gasteiger partial charge in [0.05, 0.1) is 6.42 Å². The molecular formula is C17H20N4O3. The van der Waals surface area contributed by atoms with Gasteiger partial charge in [-0.25, -0.2) is 4.63 Å². The van der Waals surface area contributed by atoms with Gasteiger partial charge in [-0.3, -0.25) is 9.59 Å². The molecule has 24 heavy (non-hydrogen) atoms. The lowest BCUT2D eigenvalue weighted by molar-refractivity contribution is -0.115. The van der Waals surface area contributed by atoms with E-state index in [0.717, 1.165) is 30.4 Å². The molecule has 0 aliphatic carbocycles. The van der Waals surface area contributed by atoms with Gasteiger partial charge in [0.25, 0.3) is 5.91 Å². The fourth-order valence-electron chi connectivity index (χ4n) is 2.84. The molecule has 1 aliphatic heterocycles. The van der Waals surface area contributed by atoms with Gasteiger partial charge >= 0.3 is 0 Å². The predicted molar refractivity (Wildman–Crippen MR) is 87.6 cm³/mol. The maximum absolute atomic E-state index is 12.5. The van der Waals surface area contributed by atoms with Crippen molar-refractivity contribution < 1.29 is 14.2 Å². The number of benzene rings is 1. The standard InChI is InChI=1S/C17H20N4O3/c1-12-6-5-7-13(10-12)11-14(22)18-16-15(19-24-20-16)17(23)21-8-3-2-4-9-21/h5-7,10H,2-4,8-9,11H2,1H3,(H,18,20,22). The number of rotatable bonds is 4. The van der Waals surface area contributed by atoms with Crippen LogP contribution in [0.5, 0.6) is 0 Å². The van der Waals surface area contributed by atoms with Gasteiger partial charge in [0.15, 0.2) is 0 Å². The Hall–Kier alpha value is -2.70. The van der Waals surface area contributed by atoms with Crippen LogP contribution in [0.15, 0.2) is 28.9 Å². The lowest BCUT2D eigenvalue weighted by Gasteiger charge is -2.25. The molecule has 0 unspecified atom stereocenters. The van der Waals surface area contributed by atoms with Crippen molar-refractivity contribution in [1.29, 1.82) is 0 Å². The summed E-state index contributed by atoms with van der Waals surface area (Å²) < 4.78 is 4.67. The second-order valence-electron chi connectivity index (χ2n) is 6.03. The molecule has 1 aliphatic rings. The Morgan fingerprint density at radius 2 is 2.00 bits per heavy atom. The van der Waals surface area contributed by atoms with E-state index in [0.29, 0.717) is 13.1 Å². The van der Waals surface area contributed by atoms with Crippen molar-refractivity contribution >= 4 is 17.6 Å². The van der Waals surface area contributed by atoms with Gasteiger partial charge in [-0.15, -0.1) is 0 Å². The van der Waals surface area contributed by atoms with Gasteiger partial charge in [0.2, 0.25) is 17.4 Å². The number of piperidine rings is 1. The molecule has 0 radical (unpaired) electrons. The number of anilines is 1. The first kappa shape index (κ1) is 16.2. The second kappa shape index (κ2) is 7.25. The van der Waals surface area contributed by atoms with E-state index >= 15 is 0 Å². The maximum atomic E-state index is 12.5. The molecule has 7 heteroatoms. The highest BCUT2D eigenvalue weighted by atomic mass is 16.6. The Labute approximate surface area is 140 Å². The Kier molecular flexibility index (Phi) is 4.88. The van der Waals surface area contributed by atoms with E-state index in [1.807, 2.05) is 31.2 Å². The topological polar surface area (TPSA) is 88.3 Å².